The minimum atomic E-state index is 0.0964. The summed E-state index contributed by atoms with van der Waals surface area (Å²) in [7, 11) is 0. The average molecular weight is 303 g/mol. The van der Waals surface area contributed by atoms with Crippen LogP contribution in [0.3, 0.4) is 0 Å². The molecule has 0 unspecified atom stereocenters. The molecule has 2 rings (SSSR count). The summed E-state index contributed by atoms with van der Waals surface area (Å²) in [5, 5.41) is 1.01. The van der Waals surface area contributed by atoms with Crippen LogP contribution in [0.15, 0.2) is 24.4 Å². The molecule has 0 spiro atoms. The van der Waals surface area contributed by atoms with Gasteiger partial charge < -0.3 is 4.90 Å². The summed E-state index contributed by atoms with van der Waals surface area (Å²) in [5.41, 5.74) is 1.90. The van der Waals surface area contributed by atoms with Crippen LogP contribution >= 0.6 is 11.3 Å². The normalized spacial score (nSPS) is 10.6. The van der Waals surface area contributed by atoms with Crippen LogP contribution in [0.2, 0.25) is 0 Å². The van der Waals surface area contributed by atoms with E-state index in [9.17, 15) is 4.79 Å². The van der Waals surface area contributed by atoms with Crippen LogP contribution in [0.4, 0.5) is 0 Å². The lowest BCUT2D eigenvalue weighted by Gasteiger charge is -2.17. The van der Waals surface area contributed by atoms with Crippen LogP contribution < -0.4 is 0 Å². The van der Waals surface area contributed by atoms with E-state index in [0.29, 0.717) is 0 Å². The predicted octanol–water partition coefficient (Wildman–Crippen LogP) is 3.11. The van der Waals surface area contributed by atoms with Gasteiger partial charge in [-0.15, -0.1) is 11.3 Å². The molecular weight excluding hydrogens is 282 g/mol. The second-order valence-corrected chi connectivity index (χ2v) is 5.90. The summed E-state index contributed by atoms with van der Waals surface area (Å²) in [6.45, 7) is 7.38. The number of hydrogen-bond acceptors (Lipinski definition) is 4. The van der Waals surface area contributed by atoms with Gasteiger partial charge in [-0.25, -0.2) is 4.98 Å². The summed E-state index contributed by atoms with van der Waals surface area (Å²) in [6, 6.07) is 5.92. The van der Waals surface area contributed by atoms with E-state index in [1.165, 1.54) is 11.3 Å². The molecule has 0 aliphatic carbocycles. The van der Waals surface area contributed by atoms with Crippen molar-refractivity contribution in [3.8, 4) is 0 Å². The van der Waals surface area contributed by atoms with Crippen molar-refractivity contribution >= 4 is 17.2 Å². The highest BCUT2D eigenvalue weighted by molar-refractivity contribution is 7.13. The predicted molar refractivity (Wildman–Crippen MR) is 85.7 cm³/mol. The lowest BCUT2D eigenvalue weighted by Crippen LogP contribution is -2.30. The molecule has 2 heterocycles. The fraction of sp³-hybridized carbons (Fsp3) is 0.438. The van der Waals surface area contributed by atoms with Crippen molar-refractivity contribution in [2.75, 3.05) is 13.1 Å². The fourth-order valence-electron chi connectivity index (χ4n) is 2.19. The largest absolute Gasteiger partial charge is 0.338 e. The monoisotopic (exact) mass is 303 g/mol. The number of amides is 1. The number of hydrogen-bond donors (Lipinski definition) is 0. The van der Waals surface area contributed by atoms with Gasteiger partial charge in [0.1, 0.15) is 4.88 Å². The molecule has 2 aromatic rings. The first-order valence-electron chi connectivity index (χ1n) is 7.31. The molecule has 112 valence electrons. The van der Waals surface area contributed by atoms with Crippen molar-refractivity contribution in [3.05, 3.63) is 45.7 Å². The number of pyridine rings is 1. The van der Waals surface area contributed by atoms with Crippen LogP contribution in [0.1, 0.15) is 39.9 Å². The van der Waals surface area contributed by atoms with Crippen LogP contribution in [-0.4, -0.2) is 33.9 Å². The van der Waals surface area contributed by atoms with E-state index >= 15 is 0 Å². The van der Waals surface area contributed by atoms with Crippen molar-refractivity contribution in [1.29, 1.82) is 0 Å². The Morgan fingerprint density at radius 2 is 2.00 bits per heavy atom. The molecule has 0 bridgehead atoms. The van der Waals surface area contributed by atoms with Gasteiger partial charge in [-0.05, 0) is 39.3 Å². The van der Waals surface area contributed by atoms with Gasteiger partial charge in [0, 0.05) is 31.4 Å². The van der Waals surface area contributed by atoms with Gasteiger partial charge in [0.05, 0.1) is 10.7 Å². The quantitative estimate of drug-likeness (QED) is 0.823. The molecule has 5 heteroatoms. The molecule has 0 radical (unpaired) electrons. The number of rotatable bonds is 6. The molecule has 0 aliphatic rings. The highest BCUT2D eigenvalue weighted by Crippen LogP contribution is 2.21. The SMILES string of the molecule is CCN(CC)C(=O)c1sc(CCc2ccccn2)nc1C. The Bertz CT molecular complexity index is 591. The average Bonchev–Trinajstić information content (AvgIpc) is 2.88. The maximum Gasteiger partial charge on any atom is 0.265 e. The van der Waals surface area contributed by atoms with E-state index in [-0.39, 0.29) is 5.91 Å². The Morgan fingerprint density at radius 3 is 2.62 bits per heavy atom. The smallest absolute Gasteiger partial charge is 0.265 e. The Kier molecular flexibility index (Phi) is 5.44. The Labute approximate surface area is 129 Å². The maximum atomic E-state index is 12.4. The number of nitrogens with zero attached hydrogens (tertiary/aromatic N) is 3. The minimum Gasteiger partial charge on any atom is -0.338 e. The molecular formula is C16H21N3OS. The Balaban J connectivity index is 2.07. The van der Waals surface area contributed by atoms with Crippen LogP contribution in [0.5, 0.6) is 0 Å². The van der Waals surface area contributed by atoms with E-state index in [2.05, 4.69) is 9.97 Å². The maximum absolute atomic E-state index is 12.4. The highest BCUT2D eigenvalue weighted by atomic mass is 32.1. The number of carbonyl (C=O) groups excluding carboxylic acids is 1. The molecule has 0 saturated carbocycles. The van der Waals surface area contributed by atoms with Gasteiger partial charge in [-0.2, -0.15) is 0 Å². The number of aromatic nitrogens is 2. The molecule has 0 atom stereocenters. The van der Waals surface area contributed by atoms with E-state index < -0.39 is 0 Å². The van der Waals surface area contributed by atoms with E-state index in [1.54, 1.807) is 6.20 Å². The zero-order valence-electron chi connectivity index (χ0n) is 12.8. The van der Waals surface area contributed by atoms with Crippen molar-refractivity contribution in [2.24, 2.45) is 0 Å². The van der Waals surface area contributed by atoms with E-state index in [0.717, 1.165) is 47.2 Å². The minimum absolute atomic E-state index is 0.0964. The molecule has 0 saturated heterocycles. The summed E-state index contributed by atoms with van der Waals surface area (Å²) in [6.07, 6.45) is 3.48. The van der Waals surface area contributed by atoms with Gasteiger partial charge in [-0.3, -0.25) is 9.78 Å². The van der Waals surface area contributed by atoms with Crippen molar-refractivity contribution < 1.29 is 4.79 Å². The Hall–Kier alpha value is -1.75. The molecule has 2 aromatic heterocycles. The summed E-state index contributed by atoms with van der Waals surface area (Å²) in [5.74, 6) is 0.0964. The molecule has 4 nitrogen and oxygen atoms in total. The third-order valence-electron chi connectivity index (χ3n) is 3.41. The lowest BCUT2D eigenvalue weighted by atomic mass is 10.2. The second-order valence-electron chi connectivity index (χ2n) is 4.82. The highest BCUT2D eigenvalue weighted by Gasteiger charge is 2.19. The molecule has 0 aliphatic heterocycles. The molecule has 0 aromatic carbocycles. The summed E-state index contributed by atoms with van der Waals surface area (Å²) >= 11 is 1.52. The Morgan fingerprint density at radius 1 is 1.24 bits per heavy atom. The number of thiazole rings is 1. The van der Waals surface area contributed by atoms with E-state index in [1.807, 2.05) is 43.9 Å². The molecule has 0 N–H and O–H groups in total. The standard InChI is InChI=1S/C16H21N3OS/c1-4-19(5-2)16(20)15-12(3)18-14(21-15)10-9-13-8-6-7-11-17-13/h6-8,11H,4-5,9-10H2,1-3H3. The zero-order valence-corrected chi connectivity index (χ0v) is 13.6. The van der Waals surface area contributed by atoms with Crippen LogP contribution in [-0.2, 0) is 12.8 Å². The van der Waals surface area contributed by atoms with Gasteiger partial charge in [-0.1, -0.05) is 6.07 Å². The lowest BCUT2D eigenvalue weighted by molar-refractivity contribution is 0.0777. The number of aryl methyl sites for hydroxylation is 3. The van der Waals surface area contributed by atoms with Gasteiger partial charge in [0.15, 0.2) is 0 Å². The summed E-state index contributed by atoms with van der Waals surface area (Å²) < 4.78 is 0. The van der Waals surface area contributed by atoms with Crippen molar-refractivity contribution in [1.82, 2.24) is 14.9 Å². The van der Waals surface area contributed by atoms with Gasteiger partial charge >= 0.3 is 0 Å². The molecule has 1 amide bonds. The van der Waals surface area contributed by atoms with Crippen molar-refractivity contribution in [2.45, 2.75) is 33.6 Å². The fourth-order valence-corrected chi connectivity index (χ4v) is 3.23. The van der Waals surface area contributed by atoms with Gasteiger partial charge in [0.25, 0.3) is 5.91 Å². The first-order valence-corrected chi connectivity index (χ1v) is 8.12. The first-order chi connectivity index (χ1) is 10.2. The van der Waals surface area contributed by atoms with Crippen LogP contribution in [0, 0.1) is 6.92 Å². The van der Waals surface area contributed by atoms with Crippen LogP contribution in [0.25, 0.3) is 0 Å². The third kappa shape index (κ3) is 3.88. The van der Waals surface area contributed by atoms with Gasteiger partial charge in [0.2, 0.25) is 0 Å². The first kappa shape index (κ1) is 15.6. The third-order valence-corrected chi connectivity index (χ3v) is 4.61. The van der Waals surface area contributed by atoms with Crippen molar-refractivity contribution in [3.63, 3.8) is 0 Å². The van der Waals surface area contributed by atoms with E-state index in [4.69, 9.17) is 0 Å². The summed E-state index contributed by atoms with van der Waals surface area (Å²) in [4.78, 5) is 23.9. The second kappa shape index (κ2) is 7.31. The number of carbonyl (C=O) groups is 1. The molecule has 0 fully saturated rings. The topological polar surface area (TPSA) is 46.1 Å². The molecule has 21 heavy (non-hydrogen) atoms. The zero-order chi connectivity index (χ0) is 15.2.